The fourth-order valence-electron chi connectivity index (χ4n) is 1.54. The van der Waals surface area contributed by atoms with Crippen LogP contribution in [0.1, 0.15) is 10.4 Å². The molecule has 92 valence electrons. The van der Waals surface area contributed by atoms with Crippen LogP contribution < -0.4 is 10.6 Å². The molecule has 18 heavy (non-hydrogen) atoms. The third-order valence-corrected chi connectivity index (χ3v) is 2.54. The van der Waals surface area contributed by atoms with E-state index in [1.807, 2.05) is 0 Å². The number of anilines is 2. The Morgan fingerprint density at radius 2 is 1.94 bits per heavy atom. The SMILES string of the molecule is CN(C(=O)c1cncc(F)c1)c1ccc(N)cc1. The van der Waals surface area contributed by atoms with Crippen LogP contribution in [0.3, 0.4) is 0 Å². The number of pyridine rings is 1. The molecule has 0 unspecified atom stereocenters. The number of halogens is 1. The normalized spacial score (nSPS) is 10.1. The number of rotatable bonds is 2. The minimum Gasteiger partial charge on any atom is -0.399 e. The summed E-state index contributed by atoms with van der Waals surface area (Å²) in [6.07, 6.45) is 2.39. The van der Waals surface area contributed by atoms with E-state index in [-0.39, 0.29) is 11.5 Å². The number of hydrogen-bond donors (Lipinski definition) is 1. The van der Waals surface area contributed by atoms with Crippen molar-refractivity contribution in [3.8, 4) is 0 Å². The van der Waals surface area contributed by atoms with Crippen molar-refractivity contribution < 1.29 is 9.18 Å². The van der Waals surface area contributed by atoms with E-state index in [9.17, 15) is 9.18 Å². The molecular formula is C13H12FN3O. The van der Waals surface area contributed by atoms with Gasteiger partial charge in [-0.1, -0.05) is 0 Å². The zero-order chi connectivity index (χ0) is 13.1. The van der Waals surface area contributed by atoms with E-state index in [0.717, 1.165) is 12.3 Å². The number of hydrogen-bond acceptors (Lipinski definition) is 3. The van der Waals surface area contributed by atoms with E-state index in [1.165, 1.54) is 11.1 Å². The lowest BCUT2D eigenvalue weighted by Gasteiger charge is -2.17. The Bertz CT molecular complexity index is 569. The Morgan fingerprint density at radius 1 is 1.28 bits per heavy atom. The highest BCUT2D eigenvalue weighted by atomic mass is 19.1. The van der Waals surface area contributed by atoms with Crippen molar-refractivity contribution in [1.82, 2.24) is 4.98 Å². The second-order valence-electron chi connectivity index (χ2n) is 3.85. The number of carbonyl (C=O) groups is 1. The summed E-state index contributed by atoms with van der Waals surface area (Å²) in [5.41, 5.74) is 7.07. The molecule has 0 spiro atoms. The van der Waals surface area contributed by atoms with Crippen LogP contribution in [0.15, 0.2) is 42.7 Å². The van der Waals surface area contributed by atoms with Crippen molar-refractivity contribution in [1.29, 1.82) is 0 Å². The topological polar surface area (TPSA) is 59.2 Å². The molecule has 1 heterocycles. The lowest BCUT2D eigenvalue weighted by atomic mass is 10.2. The van der Waals surface area contributed by atoms with Crippen molar-refractivity contribution in [3.63, 3.8) is 0 Å². The molecule has 2 aromatic rings. The first-order valence-electron chi connectivity index (χ1n) is 5.32. The first-order chi connectivity index (χ1) is 8.58. The highest BCUT2D eigenvalue weighted by molar-refractivity contribution is 6.05. The third-order valence-electron chi connectivity index (χ3n) is 2.54. The maximum absolute atomic E-state index is 13.0. The first kappa shape index (κ1) is 12.0. The van der Waals surface area contributed by atoms with Gasteiger partial charge in [0.05, 0.1) is 11.8 Å². The average Bonchev–Trinajstić information content (AvgIpc) is 2.38. The second-order valence-corrected chi connectivity index (χ2v) is 3.85. The van der Waals surface area contributed by atoms with Crippen molar-refractivity contribution in [2.24, 2.45) is 0 Å². The molecule has 4 nitrogen and oxygen atoms in total. The Kier molecular flexibility index (Phi) is 3.23. The van der Waals surface area contributed by atoms with Gasteiger partial charge in [-0.25, -0.2) is 4.39 Å². The Labute approximate surface area is 104 Å². The van der Waals surface area contributed by atoms with Crippen molar-refractivity contribution in [2.45, 2.75) is 0 Å². The van der Waals surface area contributed by atoms with E-state index in [2.05, 4.69) is 4.98 Å². The lowest BCUT2D eigenvalue weighted by Crippen LogP contribution is -2.26. The van der Waals surface area contributed by atoms with Gasteiger partial charge >= 0.3 is 0 Å². The molecule has 2 N–H and O–H groups in total. The first-order valence-corrected chi connectivity index (χ1v) is 5.32. The molecular weight excluding hydrogens is 233 g/mol. The number of aromatic nitrogens is 1. The molecule has 0 bridgehead atoms. The Morgan fingerprint density at radius 3 is 2.56 bits per heavy atom. The molecule has 0 saturated carbocycles. The molecule has 0 aliphatic carbocycles. The Balaban J connectivity index is 2.26. The van der Waals surface area contributed by atoms with E-state index >= 15 is 0 Å². The molecule has 0 atom stereocenters. The quantitative estimate of drug-likeness (QED) is 0.824. The number of benzene rings is 1. The second kappa shape index (κ2) is 4.83. The zero-order valence-corrected chi connectivity index (χ0v) is 9.80. The summed E-state index contributed by atoms with van der Waals surface area (Å²) in [4.78, 5) is 17.1. The lowest BCUT2D eigenvalue weighted by molar-refractivity contribution is 0.0992. The molecule has 1 aromatic heterocycles. The molecule has 1 amide bonds. The summed E-state index contributed by atoms with van der Waals surface area (Å²) in [6.45, 7) is 0. The van der Waals surface area contributed by atoms with E-state index < -0.39 is 5.82 Å². The van der Waals surface area contributed by atoms with Crippen molar-refractivity contribution >= 4 is 17.3 Å². The maximum atomic E-state index is 13.0. The van der Waals surface area contributed by atoms with Gasteiger partial charge in [0.1, 0.15) is 5.82 Å². The zero-order valence-electron chi connectivity index (χ0n) is 9.80. The van der Waals surface area contributed by atoms with E-state index in [4.69, 9.17) is 5.73 Å². The monoisotopic (exact) mass is 245 g/mol. The summed E-state index contributed by atoms with van der Waals surface area (Å²) in [5.74, 6) is -0.863. The number of nitrogen functional groups attached to an aromatic ring is 1. The molecule has 5 heteroatoms. The van der Waals surface area contributed by atoms with Crippen molar-refractivity contribution in [3.05, 3.63) is 54.1 Å². The van der Waals surface area contributed by atoms with Gasteiger partial charge in [-0.05, 0) is 30.3 Å². The van der Waals surface area contributed by atoms with Crippen LogP contribution in [0.2, 0.25) is 0 Å². The fraction of sp³-hybridized carbons (Fsp3) is 0.0769. The summed E-state index contributed by atoms with van der Waals surface area (Å²) in [5, 5.41) is 0. The summed E-state index contributed by atoms with van der Waals surface area (Å²) in [7, 11) is 1.61. The van der Waals surface area contributed by atoms with Gasteiger partial charge in [0, 0.05) is 24.6 Å². The molecule has 0 aliphatic heterocycles. The minimum atomic E-state index is -0.536. The summed E-state index contributed by atoms with van der Waals surface area (Å²) >= 11 is 0. The number of nitrogens with zero attached hydrogens (tertiary/aromatic N) is 2. The van der Waals surface area contributed by atoms with Gasteiger partial charge in [-0.3, -0.25) is 9.78 Å². The van der Waals surface area contributed by atoms with Crippen LogP contribution in [0.5, 0.6) is 0 Å². The van der Waals surface area contributed by atoms with Crippen molar-refractivity contribution in [2.75, 3.05) is 17.7 Å². The molecule has 0 fully saturated rings. The van der Waals surface area contributed by atoms with E-state index in [0.29, 0.717) is 11.4 Å². The predicted octanol–water partition coefficient (Wildman–Crippen LogP) is 2.08. The summed E-state index contributed by atoms with van der Waals surface area (Å²) < 4.78 is 13.0. The standard InChI is InChI=1S/C13H12FN3O/c1-17(12-4-2-11(15)3-5-12)13(18)9-6-10(14)8-16-7-9/h2-8H,15H2,1H3. The van der Waals surface area contributed by atoms with Gasteiger partial charge in [0.15, 0.2) is 0 Å². The fourth-order valence-corrected chi connectivity index (χ4v) is 1.54. The average molecular weight is 245 g/mol. The Hall–Kier alpha value is -2.43. The van der Waals surface area contributed by atoms with Gasteiger partial charge in [0.25, 0.3) is 5.91 Å². The third kappa shape index (κ3) is 2.45. The van der Waals surface area contributed by atoms with Crippen LogP contribution in [0.4, 0.5) is 15.8 Å². The van der Waals surface area contributed by atoms with Gasteiger partial charge in [-0.15, -0.1) is 0 Å². The molecule has 1 aromatic carbocycles. The highest BCUT2D eigenvalue weighted by Crippen LogP contribution is 2.17. The number of nitrogens with two attached hydrogens (primary N) is 1. The highest BCUT2D eigenvalue weighted by Gasteiger charge is 2.14. The minimum absolute atomic E-state index is 0.203. The molecule has 0 radical (unpaired) electrons. The predicted molar refractivity (Wildman–Crippen MR) is 67.8 cm³/mol. The molecule has 0 aliphatic rings. The molecule has 2 rings (SSSR count). The van der Waals surface area contributed by atoms with Crippen LogP contribution in [-0.4, -0.2) is 17.9 Å². The maximum Gasteiger partial charge on any atom is 0.259 e. The van der Waals surface area contributed by atoms with Crippen LogP contribution in [0, 0.1) is 5.82 Å². The smallest absolute Gasteiger partial charge is 0.259 e. The van der Waals surface area contributed by atoms with Gasteiger partial charge in [-0.2, -0.15) is 0 Å². The van der Waals surface area contributed by atoms with Crippen LogP contribution >= 0.6 is 0 Å². The number of amides is 1. The molecule has 0 saturated heterocycles. The largest absolute Gasteiger partial charge is 0.399 e. The van der Waals surface area contributed by atoms with Crippen LogP contribution in [-0.2, 0) is 0 Å². The summed E-state index contributed by atoms with van der Waals surface area (Å²) in [6, 6.07) is 7.99. The van der Waals surface area contributed by atoms with Gasteiger partial charge in [0.2, 0.25) is 0 Å². The van der Waals surface area contributed by atoms with Gasteiger partial charge < -0.3 is 10.6 Å². The van der Waals surface area contributed by atoms with Crippen LogP contribution in [0.25, 0.3) is 0 Å². The van der Waals surface area contributed by atoms with E-state index in [1.54, 1.807) is 31.3 Å². The number of carbonyl (C=O) groups excluding carboxylic acids is 1.